The number of para-hydroxylation sites is 1. The van der Waals surface area contributed by atoms with Crippen LogP contribution in [0.15, 0.2) is 48.5 Å². The van der Waals surface area contributed by atoms with Crippen molar-refractivity contribution in [3.63, 3.8) is 0 Å². The largest absolute Gasteiger partial charge is 0.311 e. The van der Waals surface area contributed by atoms with Crippen molar-refractivity contribution in [1.82, 2.24) is 9.78 Å². The number of carbonyl (C=O) groups is 2. The van der Waals surface area contributed by atoms with Gasteiger partial charge in [-0.15, -0.1) is 0 Å². The molecule has 1 aromatic heterocycles. The maximum absolute atomic E-state index is 13.2. The summed E-state index contributed by atoms with van der Waals surface area (Å²) in [6, 6.07) is 15.9. The number of hydrogen-bond donors (Lipinski definition) is 1. The Bertz CT molecular complexity index is 1190. The minimum Gasteiger partial charge on any atom is -0.311 e. The third-order valence-electron chi connectivity index (χ3n) is 5.94. The highest BCUT2D eigenvalue weighted by molar-refractivity contribution is 7.98. The first kappa shape index (κ1) is 19.9. The molecule has 2 aliphatic rings. The van der Waals surface area contributed by atoms with Crippen LogP contribution in [0.3, 0.4) is 0 Å². The molecule has 0 aliphatic carbocycles. The van der Waals surface area contributed by atoms with E-state index in [4.69, 9.17) is 5.10 Å². The minimum atomic E-state index is -0.391. The molecule has 1 N–H and O–H groups in total. The molecule has 158 valence electrons. The zero-order valence-electron chi connectivity index (χ0n) is 17.6. The normalized spacial score (nSPS) is 17.8. The summed E-state index contributed by atoms with van der Waals surface area (Å²) in [5, 5.41) is 7.90. The lowest BCUT2D eigenvalue weighted by Gasteiger charge is -2.19. The van der Waals surface area contributed by atoms with Crippen molar-refractivity contribution in [2.24, 2.45) is 5.92 Å². The van der Waals surface area contributed by atoms with E-state index in [0.717, 1.165) is 51.1 Å². The average Bonchev–Trinajstić information content (AvgIpc) is 3.44. The Morgan fingerprint density at radius 3 is 2.77 bits per heavy atom. The fraction of sp³-hybridized carbons (Fsp3) is 0.292. The van der Waals surface area contributed by atoms with Gasteiger partial charge in [-0.25, -0.2) is 4.68 Å². The van der Waals surface area contributed by atoms with Crippen molar-refractivity contribution in [1.29, 1.82) is 0 Å². The first-order chi connectivity index (χ1) is 15.0. The van der Waals surface area contributed by atoms with Gasteiger partial charge in [0.1, 0.15) is 5.82 Å². The Hall–Kier alpha value is -3.06. The second-order valence-corrected chi connectivity index (χ2v) is 9.18. The smallest absolute Gasteiger partial charge is 0.230 e. The van der Waals surface area contributed by atoms with Gasteiger partial charge in [-0.3, -0.25) is 9.59 Å². The van der Waals surface area contributed by atoms with Gasteiger partial charge in [-0.1, -0.05) is 30.3 Å². The number of amides is 2. The van der Waals surface area contributed by atoms with Crippen LogP contribution >= 0.6 is 11.8 Å². The number of hydrogen-bond acceptors (Lipinski definition) is 4. The van der Waals surface area contributed by atoms with Crippen LogP contribution in [0.4, 0.5) is 11.5 Å². The quantitative estimate of drug-likeness (QED) is 0.670. The Kier molecular flexibility index (Phi) is 5.06. The van der Waals surface area contributed by atoms with Gasteiger partial charge >= 0.3 is 0 Å². The van der Waals surface area contributed by atoms with Crippen LogP contribution in [0.1, 0.15) is 28.8 Å². The van der Waals surface area contributed by atoms with Gasteiger partial charge in [0, 0.05) is 35.7 Å². The lowest BCUT2D eigenvalue weighted by Crippen LogP contribution is -2.29. The molecule has 0 radical (unpaired) electrons. The van der Waals surface area contributed by atoms with E-state index in [9.17, 15) is 9.59 Å². The summed E-state index contributed by atoms with van der Waals surface area (Å²) in [6.07, 6.45) is 0.218. The number of rotatable bonds is 4. The minimum absolute atomic E-state index is 0.0116. The number of benzene rings is 2. The standard InChI is InChI=1S/C24H24N4O2S/c1-15-6-5-8-18(10-15)28-23(19-13-31-14-20(19)26-28)25-24(30)17-11-22(29)27(12-17)21-9-4-3-7-16(21)2/h3-10,17H,11-14H2,1-2H3,(H,25,30). The third-order valence-corrected chi connectivity index (χ3v) is 6.91. The topological polar surface area (TPSA) is 67.2 Å². The molecule has 3 aromatic rings. The zero-order chi connectivity index (χ0) is 21.5. The molecule has 0 bridgehead atoms. The number of fused-ring (bicyclic) bond motifs is 1. The summed E-state index contributed by atoms with van der Waals surface area (Å²) in [4.78, 5) is 27.6. The Morgan fingerprint density at radius 2 is 1.97 bits per heavy atom. The van der Waals surface area contributed by atoms with E-state index in [1.807, 2.05) is 61.0 Å². The molecular formula is C24H24N4O2S. The summed E-state index contributed by atoms with van der Waals surface area (Å²) in [6.45, 7) is 4.42. The van der Waals surface area contributed by atoms with Crippen molar-refractivity contribution >= 4 is 35.1 Å². The SMILES string of the molecule is Cc1cccc(-n2nc3c(c2NC(=O)C2CC(=O)N(c4ccccc4C)C2)CSC3)c1. The first-order valence-electron chi connectivity index (χ1n) is 10.4. The van der Waals surface area contributed by atoms with Crippen molar-refractivity contribution in [2.75, 3.05) is 16.8 Å². The molecule has 1 atom stereocenters. The van der Waals surface area contributed by atoms with Gasteiger partial charge in [0.25, 0.3) is 0 Å². The molecule has 6 nitrogen and oxygen atoms in total. The molecule has 0 saturated carbocycles. The number of thioether (sulfide) groups is 1. The van der Waals surface area contributed by atoms with Crippen LogP contribution in [0, 0.1) is 19.8 Å². The number of carbonyl (C=O) groups excluding carboxylic acids is 2. The third kappa shape index (κ3) is 3.63. The molecule has 1 fully saturated rings. The Morgan fingerprint density at radius 1 is 1.13 bits per heavy atom. The molecular weight excluding hydrogens is 408 g/mol. The summed E-state index contributed by atoms with van der Waals surface area (Å²) in [7, 11) is 0. The number of nitrogens with zero attached hydrogens (tertiary/aromatic N) is 3. The van der Waals surface area contributed by atoms with Crippen molar-refractivity contribution in [3.05, 3.63) is 70.9 Å². The van der Waals surface area contributed by atoms with Crippen LogP contribution in [0.5, 0.6) is 0 Å². The first-order valence-corrected chi connectivity index (χ1v) is 11.6. The highest BCUT2D eigenvalue weighted by atomic mass is 32.2. The highest BCUT2D eigenvalue weighted by Gasteiger charge is 2.36. The monoisotopic (exact) mass is 432 g/mol. The zero-order valence-corrected chi connectivity index (χ0v) is 18.4. The average molecular weight is 433 g/mol. The van der Waals surface area contributed by atoms with E-state index in [1.54, 1.807) is 16.7 Å². The molecule has 5 rings (SSSR count). The molecule has 7 heteroatoms. The van der Waals surface area contributed by atoms with Gasteiger partial charge < -0.3 is 10.2 Å². The molecule has 2 aliphatic heterocycles. The lowest BCUT2D eigenvalue weighted by atomic mass is 10.1. The fourth-order valence-electron chi connectivity index (χ4n) is 4.29. The van der Waals surface area contributed by atoms with E-state index in [1.165, 1.54) is 0 Å². The highest BCUT2D eigenvalue weighted by Crippen LogP contribution is 2.37. The maximum atomic E-state index is 13.2. The summed E-state index contributed by atoms with van der Waals surface area (Å²) < 4.78 is 1.84. The molecule has 0 spiro atoms. The van der Waals surface area contributed by atoms with Crippen LogP contribution < -0.4 is 10.2 Å². The van der Waals surface area contributed by atoms with Crippen LogP contribution in [-0.2, 0) is 21.1 Å². The number of aromatic nitrogens is 2. The maximum Gasteiger partial charge on any atom is 0.230 e. The second kappa shape index (κ2) is 7.89. The van der Waals surface area contributed by atoms with E-state index in [0.29, 0.717) is 6.54 Å². The van der Waals surface area contributed by atoms with E-state index >= 15 is 0 Å². The Labute approximate surface area is 185 Å². The summed E-state index contributed by atoms with van der Waals surface area (Å²) in [5.41, 5.74) is 6.08. The van der Waals surface area contributed by atoms with E-state index in [2.05, 4.69) is 11.4 Å². The Balaban J connectivity index is 1.41. The molecule has 1 saturated heterocycles. The molecule has 2 amide bonds. The fourth-order valence-corrected chi connectivity index (χ4v) is 5.32. The van der Waals surface area contributed by atoms with Crippen molar-refractivity contribution in [3.8, 4) is 5.69 Å². The summed E-state index contributed by atoms with van der Waals surface area (Å²) >= 11 is 1.80. The predicted octanol–water partition coefficient (Wildman–Crippen LogP) is 4.23. The molecule has 3 heterocycles. The van der Waals surface area contributed by atoms with Crippen LogP contribution in [-0.4, -0.2) is 28.1 Å². The molecule has 31 heavy (non-hydrogen) atoms. The van der Waals surface area contributed by atoms with Crippen molar-refractivity contribution < 1.29 is 9.59 Å². The van der Waals surface area contributed by atoms with Crippen LogP contribution in [0.25, 0.3) is 5.69 Å². The predicted molar refractivity (Wildman–Crippen MR) is 124 cm³/mol. The molecule has 1 unspecified atom stereocenters. The summed E-state index contributed by atoms with van der Waals surface area (Å²) in [5.74, 6) is 1.88. The van der Waals surface area contributed by atoms with Gasteiger partial charge in [-0.2, -0.15) is 16.9 Å². The number of aryl methyl sites for hydroxylation is 2. The van der Waals surface area contributed by atoms with Crippen molar-refractivity contribution in [2.45, 2.75) is 31.8 Å². The van der Waals surface area contributed by atoms with Gasteiger partial charge in [0.15, 0.2) is 0 Å². The second-order valence-electron chi connectivity index (χ2n) is 8.20. The number of nitrogens with one attached hydrogen (secondary N) is 1. The lowest BCUT2D eigenvalue weighted by molar-refractivity contribution is -0.122. The van der Waals surface area contributed by atoms with E-state index < -0.39 is 5.92 Å². The van der Waals surface area contributed by atoms with Gasteiger partial charge in [0.05, 0.1) is 17.3 Å². The molecule has 2 aromatic carbocycles. The van der Waals surface area contributed by atoms with Crippen LogP contribution in [0.2, 0.25) is 0 Å². The number of anilines is 2. The van der Waals surface area contributed by atoms with Gasteiger partial charge in [0.2, 0.25) is 11.8 Å². The van der Waals surface area contributed by atoms with Gasteiger partial charge in [-0.05, 0) is 43.2 Å². The van der Waals surface area contributed by atoms with E-state index in [-0.39, 0.29) is 18.2 Å².